The van der Waals surface area contributed by atoms with Crippen molar-refractivity contribution in [1.29, 1.82) is 0 Å². The normalized spacial score (nSPS) is 39.3. The lowest BCUT2D eigenvalue weighted by atomic mass is 9.66. The second-order valence-electron chi connectivity index (χ2n) is 13.4. The van der Waals surface area contributed by atoms with Crippen LogP contribution < -0.4 is 10.0 Å². The Morgan fingerprint density at radius 1 is 0.830 bits per heavy atom. The standard InChI is InChI=1S/C32H32N6O6S3/c1-35-26(43)31(15-39)36(2)24(41)29(35,34-45-31)13-17-12-21(19-9-5-4-8-18(17)19)28-14-30-25(42)37(3)32(16-40,47-46-30)27(44)38(30)23(28)33-22-11-7-6-10-20(22)28/h4-12,21,23,33-34,39-40H,13-16H2,1-3H3/t21?,23-,28-,29?,30?,31?,32?/m1/s1. The molecule has 4 amide bonds. The third-order valence-electron chi connectivity index (χ3n) is 11.7. The molecule has 0 radical (unpaired) electrons. The molecule has 5 unspecified atom stereocenters. The highest BCUT2D eigenvalue weighted by atomic mass is 33.1. The Balaban J connectivity index is 1.22. The third-order valence-corrected chi connectivity index (χ3v) is 16.7. The number of para-hydroxylation sites is 1. The van der Waals surface area contributed by atoms with Crippen LogP contribution in [0.4, 0.5) is 5.69 Å². The molecule has 12 nitrogen and oxygen atoms in total. The number of benzene rings is 2. The van der Waals surface area contributed by atoms with Gasteiger partial charge in [-0.25, -0.2) is 4.72 Å². The van der Waals surface area contributed by atoms with Gasteiger partial charge in [-0.15, -0.1) is 0 Å². The summed E-state index contributed by atoms with van der Waals surface area (Å²) in [5, 5.41) is 24.4. The minimum atomic E-state index is -1.43. The number of carbonyl (C=O) groups excluding carboxylic acids is 4. The molecule has 2 aromatic rings. The molecule has 7 fully saturated rings. The van der Waals surface area contributed by atoms with E-state index in [0.717, 1.165) is 39.9 Å². The van der Waals surface area contributed by atoms with E-state index in [0.29, 0.717) is 6.42 Å². The maximum atomic E-state index is 14.4. The van der Waals surface area contributed by atoms with Crippen LogP contribution in [0.15, 0.2) is 54.6 Å². The summed E-state index contributed by atoms with van der Waals surface area (Å²) in [7, 11) is 7.37. The van der Waals surface area contributed by atoms with Gasteiger partial charge in [0, 0.05) is 45.6 Å². The van der Waals surface area contributed by atoms with Gasteiger partial charge >= 0.3 is 0 Å². The van der Waals surface area contributed by atoms with Gasteiger partial charge in [0.15, 0.2) is 10.5 Å². The number of piperazine rings is 2. The molecule has 9 aliphatic rings. The van der Waals surface area contributed by atoms with Crippen LogP contribution >= 0.6 is 33.5 Å². The second-order valence-corrected chi connectivity index (χ2v) is 17.2. The first-order chi connectivity index (χ1) is 22.5. The molecule has 1 aliphatic carbocycles. The van der Waals surface area contributed by atoms with E-state index in [2.05, 4.69) is 28.2 Å². The molecule has 47 heavy (non-hydrogen) atoms. The molecule has 1 spiro atoms. The maximum Gasteiger partial charge on any atom is 0.266 e. The van der Waals surface area contributed by atoms with Crippen LogP contribution in [0.3, 0.4) is 0 Å². The van der Waals surface area contributed by atoms with E-state index in [1.807, 2.05) is 36.4 Å². The number of rotatable bonds is 5. The summed E-state index contributed by atoms with van der Waals surface area (Å²) >= 11 is 1.07. The Hall–Kier alpha value is -3.21. The van der Waals surface area contributed by atoms with Crippen molar-refractivity contribution in [3.63, 3.8) is 0 Å². The molecular formula is C32H32N6O6S3. The molecule has 0 aromatic heterocycles. The lowest BCUT2D eigenvalue weighted by molar-refractivity contribution is -0.175. The largest absolute Gasteiger partial charge is 0.392 e. The van der Waals surface area contributed by atoms with Crippen LogP contribution in [0.25, 0.3) is 5.57 Å². The average Bonchev–Trinajstić information content (AvgIpc) is 3.71. The van der Waals surface area contributed by atoms with Gasteiger partial charge < -0.3 is 30.2 Å². The van der Waals surface area contributed by atoms with E-state index in [1.54, 1.807) is 26.0 Å². The molecule has 8 heterocycles. The van der Waals surface area contributed by atoms with Gasteiger partial charge in [0.05, 0.1) is 18.6 Å². The van der Waals surface area contributed by atoms with E-state index in [4.69, 9.17) is 0 Å². The number of aliphatic hydroxyl groups is 2. The van der Waals surface area contributed by atoms with Crippen LogP contribution in [0.2, 0.25) is 0 Å². The Morgan fingerprint density at radius 2 is 1.53 bits per heavy atom. The van der Waals surface area contributed by atoms with Gasteiger partial charge in [-0.3, -0.25) is 24.1 Å². The van der Waals surface area contributed by atoms with E-state index in [-0.39, 0.29) is 36.0 Å². The van der Waals surface area contributed by atoms with Crippen LogP contribution in [-0.4, -0.2) is 114 Å². The van der Waals surface area contributed by atoms with Crippen molar-refractivity contribution in [2.45, 2.75) is 50.6 Å². The fourth-order valence-corrected chi connectivity index (χ4v) is 13.9. The van der Waals surface area contributed by atoms with Crippen molar-refractivity contribution in [1.82, 2.24) is 24.3 Å². The van der Waals surface area contributed by atoms with Crippen molar-refractivity contribution in [2.75, 3.05) is 39.7 Å². The Bertz CT molecular complexity index is 1880. The summed E-state index contributed by atoms with van der Waals surface area (Å²) in [6, 6.07) is 16.0. The Morgan fingerprint density at radius 3 is 2.30 bits per heavy atom. The number of amides is 4. The Kier molecular flexibility index (Phi) is 5.90. The molecule has 7 atom stereocenters. The summed E-state index contributed by atoms with van der Waals surface area (Å²) in [6.45, 7) is -1.02. The highest BCUT2D eigenvalue weighted by Crippen LogP contribution is 2.72. The SMILES string of the molecule is CN1C(=O)C2(CO)SNC1(CC1=CC([C@]34CC56SSC(CO)(C(=O)N5[C@H]3Nc3ccccc34)N(C)C6=O)c3ccccc31)C(=O)N2C. The molecule has 2 aromatic carbocycles. The molecule has 0 saturated carbocycles. The number of fused-ring (bicyclic) bond motifs is 9. The minimum Gasteiger partial charge on any atom is -0.392 e. The van der Waals surface area contributed by atoms with Crippen molar-refractivity contribution in [3.8, 4) is 0 Å². The highest BCUT2D eigenvalue weighted by molar-refractivity contribution is 8.78. The first-order valence-electron chi connectivity index (χ1n) is 15.4. The molecule has 8 aliphatic heterocycles. The van der Waals surface area contributed by atoms with E-state index < -0.39 is 45.1 Å². The number of carbonyl (C=O) groups is 4. The number of anilines is 1. The molecule has 7 saturated heterocycles. The van der Waals surface area contributed by atoms with Crippen molar-refractivity contribution in [3.05, 3.63) is 71.3 Å². The fourth-order valence-electron chi connectivity index (χ4n) is 9.11. The number of aliphatic hydroxyl groups excluding tert-OH is 2. The number of nitrogens with one attached hydrogen (secondary N) is 2. The zero-order chi connectivity index (χ0) is 32.9. The first-order valence-corrected chi connectivity index (χ1v) is 18.3. The molecule has 4 N–H and O–H groups in total. The summed E-state index contributed by atoms with van der Waals surface area (Å²) in [5.41, 5.74) is 2.53. The van der Waals surface area contributed by atoms with E-state index in [1.165, 1.54) is 36.3 Å². The molecule has 15 heteroatoms. The predicted molar refractivity (Wildman–Crippen MR) is 178 cm³/mol. The van der Waals surface area contributed by atoms with Crippen LogP contribution in [0, 0.1) is 0 Å². The topological polar surface area (TPSA) is 146 Å². The number of hydrogen-bond acceptors (Lipinski definition) is 11. The number of nitrogens with zero attached hydrogens (tertiary/aromatic N) is 4. The number of hydrogen-bond donors (Lipinski definition) is 4. The lowest BCUT2D eigenvalue weighted by Crippen LogP contribution is -2.83. The van der Waals surface area contributed by atoms with Crippen molar-refractivity contribution >= 4 is 68.4 Å². The molecule has 244 valence electrons. The first kappa shape index (κ1) is 29.9. The van der Waals surface area contributed by atoms with Gasteiger partial charge in [0.25, 0.3) is 23.6 Å². The summed E-state index contributed by atoms with van der Waals surface area (Å²) < 4.78 is 3.26. The van der Waals surface area contributed by atoms with Crippen LogP contribution in [0.1, 0.15) is 35.4 Å². The average molecular weight is 693 g/mol. The zero-order valence-corrected chi connectivity index (χ0v) is 28.2. The van der Waals surface area contributed by atoms with E-state index in [9.17, 15) is 29.4 Å². The summed E-state index contributed by atoms with van der Waals surface area (Å²) in [4.78, 5) is 58.2. The third kappa shape index (κ3) is 3.09. The zero-order valence-electron chi connectivity index (χ0n) is 25.7. The van der Waals surface area contributed by atoms with Gasteiger partial charge in [-0.05, 0) is 51.1 Å². The van der Waals surface area contributed by atoms with Gasteiger partial charge in [-0.2, -0.15) is 0 Å². The van der Waals surface area contributed by atoms with Crippen LogP contribution in [0.5, 0.6) is 0 Å². The van der Waals surface area contributed by atoms with Gasteiger partial charge in [0.2, 0.25) is 9.74 Å². The fraction of sp³-hybridized carbons (Fsp3) is 0.438. The number of likely N-dealkylation sites (N-methyl/N-ethyl adjacent to an activating group) is 3. The number of allylic oxidation sites excluding steroid dienone is 1. The van der Waals surface area contributed by atoms with Gasteiger partial charge in [-0.1, -0.05) is 59.3 Å². The van der Waals surface area contributed by atoms with E-state index >= 15 is 0 Å². The molecule has 4 bridgehead atoms. The summed E-state index contributed by atoms with van der Waals surface area (Å²) in [5.74, 6) is -1.47. The monoisotopic (exact) mass is 692 g/mol. The second kappa shape index (κ2) is 9.27. The van der Waals surface area contributed by atoms with Crippen LogP contribution in [-0.2, 0) is 24.6 Å². The minimum absolute atomic E-state index is 0.171. The Labute approximate surface area is 282 Å². The molecule has 11 rings (SSSR count). The smallest absolute Gasteiger partial charge is 0.266 e. The van der Waals surface area contributed by atoms with Crippen molar-refractivity contribution < 1.29 is 29.4 Å². The molecular weight excluding hydrogens is 661 g/mol. The quantitative estimate of drug-likeness (QED) is 0.266. The predicted octanol–water partition coefficient (Wildman–Crippen LogP) is 1.30. The lowest BCUT2D eigenvalue weighted by Gasteiger charge is -2.59. The highest BCUT2D eigenvalue weighted by Gasteiger charge is 2.79. The maximum absolute atomic E-state index is 14.4. The van der Waals surface area contributed by atoms with Crippen molar-refractivity contribution in [2.24, 2.45) is 0 Å². The summed E-state index contributed by atoms with van der Waals surface area (Å²) in [6.07, 6.45) is 2.08. The van der Waals surface area contributed by atoms with Gasteiger partial charge in [0.1, 0.15) is 6.17 Å².